The Kier molecular flexibility index (Phi) is 4.34. The predicted octanol–water partition coefficient (Wildman–Crippen LogP) is 3.76. The highest BCUT2D eigenvalue weighted by atomic mass is 14.6. The first-order chi connectivity index (χ1) is 7.99. The fourth-order valence-electron chi connectivity index (χ4n) is 2.03. The smallest absolute Gasteiger partial charge is 0.0933 e. The molecule has 1 rings (SSSR count). The van der Waals surface area contributed by atoms with Gasteiger partial charge in [0.05, 0.1) is 6.07 Å². The summed E-state index contributed by atoms with van der Waals surface area (Å²) in [6.07, 6.45) is 1.42. The Labute approximate surface area is 104 Å². The van der Waals surface area contributed by atoms with Crippen LogP contribution in [0.3, 0.4) is 0 Å². The number of rotatable bonds is 3. The average Bonchev–Trinajstić information content (AvgIpc) is 2.28. The number of allylic oxidation sites excluding steroid dienone is 1. The van der Waals surface area contributed by atoms with Crippen LogP contribution in [0.2, 0.25) is 0 Å². The van der Waals surface area contributed by atoms with Gasteiger partial charge in [0.2, 0.25) is 0 Å². The first kappa shape index (κ1) is 13.3. The molecule has 0 heterocycles. The normalized spacial score (nSPS) is 11.9. The number of nitrogens with two attached hydrogens (primary N) is 1. The molecule has 0 saturated heterocycles. The van der Waals surface area contributed by atoms with Crippen molar-refractivity contribution >= 4 is 5.70 Å². The molecule has 0 aliphatic heterocycles. The summed E-state index contributed by atoms with van der Waals surface area (Å²) in [6.45, 7) is 8.57. The molecule has 2 heteroatoms. The molecule has 0 aliphatic rings. The monoisotopic (exact) mass is 228 g/mol. The van der Waals surface area contributed by atoms with Crippen LogP contribution in [0.1, 0.15) is 56.2 Å². The quantitative estimate of drug-likeness (QED) is 0.801. The lowest BCUT2D eigenvalue weighted by Gasteiger charge is -2.19. The molecule has 90 valence electrons. The van der Waals surface area contributed by atoms with Crippen molar-refractivity contribution in [3.8, 4) is 6.07 Å². The van der Waals surface area contributed by atoms with E-state index in [1.807, 2.05) is 6.07 Å². The van der Waals surface area contributed by atoms with E-state index >= 15 is 0 Å². The van der Waals surface area contributed by atoms with Crippen molar-refractivity contribution in [3.05, 3.63) is 41.0 Å². The van der Waals surface area contributed by atoms with Gasteiger partial charge in [-0.1, -0.05) is 45.9 Å². The molecular formula is C15H20N2. The van der Waals surface area contributed by atoms with Crippen LogP contribution >= 0.6 is 0 Å². The van der Waals surface area contributed by atoms with Crippen LogP contribution in [-0.2, 0) is 0 Å². The number of hydrogen-bond donors (Lipinski definition) is 1. The van der Waals surface area contributed by atoms with Gasteiger partial charge in [-0.2, -0.15) is 5.26 Å². The highest BCUT2D eigenvalue weighted by Gasteiger charge is 2.15. The van der Waals surface area contributed by atoms with Gasteiger partial charge in [-0.25, -0.2) is 0 Å². The van der Waals surface area contributed by atoms with E-state index in [1.165, 1.54) is 17.2 Å². The van der Waals surface area contributed by atoms with Gasteiger partial charge in [0.1, 0.15) is 0 Å². The van der Waals surface area contributed by atoms with Gasteiger partial charge in [0, 0.05) is 17.3 Å². The fraction of sp³-hybridized carbons (Fsp3) is 0.400. The summed E-state index contributed by atoms with van der Waals surface area (Å²) in [7, 11) is 0. The summed E-state index contributed by atoms with van der Waals surface area (Å²) in [4.78, 5) is 0. The first-order valence-electron chi connectivity index (χ1n) is 5.97. The molecule has 0 aliphatic carbocycles. The second kappa shape index (κ2) is 5.54. The molecule has 0 amide bonds. The summed E-state index contributed by atoms with van der Waals surface area (Å²) >= 11 is 0. The summed E-state index contributed by atoms with van der Waals surface area (Å²) in [5.41, 5.74) is 10.0. The van der Waals surface area contributed by atoms with Crippen LogP contribution in [0, 0.1) is 11.3 Å². The van der Waals surface area contributed by atoms with Crippen molar-refractivity contribution in [1.82, 2.24) is 0 Å². The summed E-state index contributed by atoms with van der Waals surface area (Å²) < 4.78 is 0. The zero-order chi connectivity index (χ0) is 13.0. The van der Waals surface area contributed by atoms with Gasteiger partial charge in [0.15, 0.2) is 0 Å². The van der Waals surface area contributed by atoms with Gasteiger partial charge in [-0.15, -0.1) is 0 Å². The third-order valence-electron chi connectivity index (χ3n) is 2.88. The third kappa shape index (κ3) is 2.88. The van der Waals surface area contributed by atoms with Gasteiger partial charge in [0.25, 0.3) is 0 Å². The molecule has 0 spiro atoms. The van der Waals surface area contributed by atoms with E-state index in [0.29, 0.717) is 17.5 Å². The third-order valence-corrected chi connectivity index (χ3v) is 2.88. The summed E-state index contributed by atoms with van der Waals surface area (Å²) in [5, 5.41) is 8.75. The first-order valence-corrected chi connectivity index (χ1v) is 5.97. The zero-order valence-corrected chi connectivity index (χ0v) is 11.0. The number of benzene rings is 1. The Morgan fingerprint density at radius 1 is 1.18 bits per heavy atom. The Morgan fingerprint density at radius 2 is 1.65 bits per heavy atom. The number of nitrogens with zero attached hydrogens (tertiary/aromatic N) is 1. The molecule has 2 nitrogen and oxygen atoms in total. The SMILES string of the molecule is CC(C)c1cccc(C(C)C)c1C(N)=CC#N. The van der Waals surface area contributed by atoms with Crippen molar-refractivity contribution in [2.75, 3.05) is 0 Å². The lowest BCUT2D eigenvalue weighted by molar-refractivity contribution is 0.826. The van der Waals surface area contributed by atoms with E-state index in [4.69, 9.17) is 11.0 Å². The van der Waals surface area contributed by atoms with Gasteiger partial charge in [-0.05, 0) is 23.0 Å². The second-order valence-corrected chi connectivity index (χ2v) is 4.85. The summed E-state index contributed by atoms with van der Waals surface area (Å²) in [5.74, 6) is 0.795. The molecule has 1 aromatic rings. The maximum absolute atomic E-state index is 8.75. The van der Waals surface area contributed by atoms with Crippen LogP contribution in [0.5, 0.6) is 0 Å². The highest BCUT2D eigenvalue weighted by Crippen LogP contribution is 2.30. The van der Waals surface area contributed by atoms with Crippen molar-refractivity contribution < 1.29 is 0 Å². The molecule has 2 N–H and O–H groups in total. The summed E-state index contributed by atoms with van der Waals surface area (Å²) in [6, 6.07) is 8.25. The minimum atomic E-state index is 0.398. The van der Waals surface area contributed by atoms with E-state index < -0.39 is 0 Å². The van der Waals surface area contributed by atoms with Crippen LogP contribution in [0.25, 0.3) is 5.70 Å². The lowest BCUT2D eigenvalue weighted by Crippen LogP contribution is -2.07. The van der Waals surface area contributed by atoms with Crippen molar-refractivity contribution in [2.24, 2.45) is 5.73 Å². The van der Waals surface area contributed by atoms with Crippen molar-refractivity contribution in [2.45, 2.75) is 39.5 Å². The predicted molar refractivity (Wildman–Crippen MR) is 72.4 cm³/mol. The van der Waals surface area contributed by atoms with Crippen LogP contribution in [0.4, 0.5) is 0 Å². The molecular weight excluding hydrogens is 208 g/mol. The molecule has 0 atom stereocenters. The van der Waals surface area contributed by atoms with Gasteiger partial charge in [-0.3, -0.25) is 0 Å². The van der Waals surface area contributed by atoms with E-state index in [-0.39, 0.29) is 0 Å². The van der Waals surface area contributed by atoms with E-state index in [0.717, 1.165) is 5.56 Å². The molecule has 0 radical (unpaired) electrons. The molecule has 0 unspecified atom stereocenters. The molecule has 0 bridgehead atoms. The zero-order valence-electron chi connectivity index (χ0n) is 11.0. The Balaban J connectivity index is 3.51. The van der Waals surface area contributed by atoms with Gasteiger partial charge >= 0.3 is 0 Å². The number of nitriles is 1. The second-order valence-electron chi connectivity index (χ2n) is 4.85. The van der Waals surface area contributed by atoms with Crippen molar-refractivity contribution in [3.63, 3.8) is 0 Å². The molecule has 17 heavy (non-hydrogen) atoms. The van der Waals surface area contributed by atoms with E-state index in [1.54, 1.807) is 0 Å². The molecule has 0 aromatic heterocycles. The maximum Gasteiger partial charge on any atom is 0.0933 e. The minimum absolute atomic E-state index is 0.398. The Bertz CT molecular complexity index is 436. The minimum Gasteiger partial charge on any atom is -0.398 e. The number of hydrogen-bond acceptors (Lipinski definition) is 2. The van der Waals surface area contributed by atoms with E-state index in [9.17, 15) is 0 Å². The van der Waals surface area contributed by atoms with Gasteiger partial charge < -0.3 is 5.73 Å². The van der Waals surface area contributed by atoms with Crippen LogP contribution < -0.4 is 5.73 Å². The van der Waals surface area contributed by atoms with Crippen molar-refractivity contribution in [1.29, 1.82) is 5.26 Å². The Hall–Kier alpha value is -1.75. The molecule has 0 fully saturated rings. The van der Waals surface area contributed by atoms with Crippen LogP contribution in [-0.4, -0.2) is 0 Å². The lowest BCUT2D eigenvalue weighted by atomic mass is 9.87. The standard InChI is InChI=1S/C15H20N2/c1-10(2)12-6-5-7-13(11(3)4)15(12)14(17)8-9-16/h5-8,10-11H,17H2,1-4H3. The fourth-order valence-corrected chi connectivity index (χ4v) is 2.03. The largest absolute Gasteiger partial charge is 0.398 e. The average molecular weight is 228 g/mol. The molecule has 0 saturated carbocycles. The molecule has 1 aromatic carbocycles. The maximum atomic E-state index is 8.75. The van der Waals surface area contributed by atoms with Crippen LogP contribution in [0.15, 0.2) is 24.3 Å². The topological polar surface area (TPSA) is 49.8 Å². The highest BCUT2D eigenvalue weighted by molar-refractivity contribution is 5.71. The van der Waals surface area contributed by atoms with E-state index in [2.05, 4.69) is 45.9 Å². The Morgan fingerprint density at radius 3 is 2.00 bits per heavy atom.